The smallest absolute Gasteiger partial charge is 0.198 e. The molecule has 0 N–H and O–H groups in total. The molecule has 0 amide bonds. The van der Waals surface area contributed by atoms with Crippen LogP contribution < -0.4 is 17.0 Å². The molecule has 0 rings (SSSR count). The summed E-state index contributed by atoms with van der Waals surface area (Å²) in [5.74, 6) is 0.744. The van der Waals surface area contributed by atoms with E-state index in [1.807, 2.05) is 0 Å². The Kier molecular flexibility index (Phi) is 18.9. The molecule has 0 aromatic rings. The number of unbranched alkanes of at least 4 members (excludes halogenated alkanes) is 6. The molecule has 0 unspecified atom stereocenters. The van der Waals surface area contributed by atoms with Crippen molar-refractivity contribution >= 4 is 19.7 Å². The number of halogens is 1. The predicted octanol–water partition coefficient (Wildman–Crippen LogP) is 2.46. The molecule has 0 spiro atoms. The summed E-state index contributed by atoms with van der Waals surface area (Å²) in [6.07, 6.45) is 14.1. The van der Waals surface area contributed by atoms with Crippen LogP contribution in [-0.2, 0) is 8.87 Å². The lowest BCUT2D eigenvalue weighted by Gasteiger charge is -2.39. The zero-order valence-corrected chi connectivity index (χ0v) is 20.3. The zero-order chi connectivity index (χ0) is 18.3. The summed E-state index contributed by atoms with van der Waals surface area (Å²) in [7, 11) is -1.77. The van der Waals surface area contributed by atoms with E-state index in [9.17, 15) is 8.42 Å². The van der Waals surface area contributed by atoms with Gasteiger partial charge in [-0.2, -0.15) is 0 Å². The second-order valence-electron chi connectivity index (χ2n) is 7.24. The first-order valence-electron chi connectivity index (χ1n) is 10.1. The molecule has 0 heterocycles. The van der Waals surface area contributed by atoms with Gasteiger partial charge in [-0.3, -0.25) is 0 Å². The van der Waals surface area contributed by atoms with Gasteiger partial charge < -0.3 is 21.5 Å². The minimum absolute atomic E-state index is 0. The molecule has 0 saturated carbocycles. The molecule has 0 aromatic heterocycles. The Morgan fingerprint density at radius 2 is 1.04 bits per heavy atom. The van der Waals surface area contributed by atoms with Crippen molar-refractivity contribution < 1.29 is 29.9 Å². The fourth-order valence-electron chi connectivity index (χ4n) is 3.37. The number of hydrogen-bond donors (Lipinski definition) is 0. The molecule has 0 saturated heterocycles. The van der Waals surface area contributed by atoms with Crippen LogP contribution in [0.1, 0.15) is 85.0 Å². The van der Waals surface area contributed by atoms with Gasteiger partial charge in [0.1, 0.15) is 0 Å². The van der Waals surface area contributed by atoms with Crippen LogP contribution in [0, 0.1) is 0 Å². The third-order valence-corrected chi connectivity index (χ3v) is 7.45. The highest BCUT2D eigenvalue weighted by Crippen LogP contribution is 2.19. The summed E-state index contributed by atoms with van der Waals surface area (Å²) in [4.78, 5) is 0. The standard InChI is InChI=1S/C19H42NO2S2.BrH/c1-5-8-11-15-20(16-12-9-6-2,17-13-10-7-3)18-14-19-23-24(4,21)22;/h5-19H2,1-4H3;1H/q+1;/p-1. The zero-order valence-electron chi connectivity index (χ0n) is 17.1. The Morgan fingerprint density at radius 3 is 1.36 bits per heavy atom. The molecular formula is C19H42BrNO2S2. The van der Waals surface area contributed by atoms with Gasteiger partial charge in [-0.15, -0.1) is 0 Å². The fourth-order valence-corrected chi connectivity index (χ4v) is 5.18. The molecule has 0 radical (unpaired) electrons. The first kappa shape index (κ1) is 28.0. The van der Waals surface area contributed by atoms with Crippen LogP contribution in [0.2, 0.25) is 0 Å². The molecule has 154 valence electrons. The summed E-state index contributed by atoms with van der Waals surface area (Å²) < 4.78 is 23.9. The quantitative estimate of drug-likeness (QED) is 0.190. The van der Waals surface area contributed by atoms with Crippen LogP contribution in [-0.4, -0.2) is 51.1 Å². The van der Waals surface area contributed by atoms with E-state index in [4.69, 9.17) is 0 Å². The van der Waals surface area contributed by atoms with E-state index >= 15 is 0 Å². The predicted molar refractivity (Wildman–Crippen MR) is 110 cm³/mol. The van der Waals surface area contributed by atoms with Crippen molar-refractivity contribution in [1.29, 1.82) is 0 Å². The van der Waals surface area contributed by atoms with Crippen molar-refractivity contribution in [2.45, 2.75) is 85.0 Å². The van der Waals surface area contributed by atoms with Gasteiger partial charge in [-0.1, -0.05) is 40.0 Å². The van der Waals surface area contributed by atoms with Crippen LogP contribution in [0.25, 0.3) is 0 Å². The first-order valence-corrected chi connectivity index (χ1v) is 13.5. The first-order chi connectivity index (χ1) is 11.4. The third-order valence-electron chi connectivity index (χ3n) is 4.78. The van der Waals surface area contributed by atoms with Gasteiger partial charge in [-0.05, 0) is 49.3 Å². The Hall–Kier alpha value is 0.740. The molecule has 0 aromatic carbocycles. The molecule has 25 heavy (non-hydrogen) atoms. The lowest BCUT2D eigenvalue weighted by atomic mass is 10.1. The molecule has 0 atom stereocenters. The van der Waals surface area contributed by atoms with Crippen molar-refractivity contribution in [1.82, 2.24) is 0 Å². The third kappa shape index (κ3) is 16.6. The number of rotatable bonds is 17. The van der Waals surface area contributed by atoms with Crippen LogP contribution in [0.5, 0.6) is 0 Å². The van der Waals surface area contributed by atoms with Gasteiger partial charge in [0.05, 0.1) is 26.2 Å². The average Bonchev–Trinajstić information content (AvgIpc) is 2.51. The van der Waals surface area contributed by atoms with Gasteiger partial charge in [0, 0.05) is 18.4 Å². The van der Waals surface area contributed by atoms with Crippen molar-refractivity contribution in [3.63, 3.8) is 0 Å². The summed E-state index contributed by atoms with van der Waals surface area (Å²) in [6.45, 7) is 11.8. The highest BCUT2D eigenvalue weighted by molar-refractivity contribution is 8.71. The summed E-state index contributed by atoms with van der Waals surface area (Å²) >= 11 is 0. The van der Waals surface area contributed by atoms with Gasteiger partial charge in [0.15, 0.2) is 8.87 Å². The van der Waals surface area contributed by atoms with Crippen LogP contribution in [0.3, 0.4) is 0 Å². The number of nitrogens with zero attached hydrogens (tertiary/aromatic N) is 1. The topological polar surface area (TPSA) is 34.1 Å². The minimum atomic E-state index is -2.89. The van der Waals surface area contributed by atoms with E-state index in [2.05, 4.69) is 20.8 Å². The summed E-state index contributed by atoms with van der Waals surface area (Å²) in [5, 5.41) is 0. The molecule has 0 aliphatic heterocycles. The van der Waals surface area contributed by atoms with E-state index in [0.717, 1.165) is 29.5 Å². The van der Waals surface area contributed by atoms with Gasteiger partial charge in [0.25, 0.3) is 0 Å². The number of quaternary nitrogens is 1. The van der Waals surface area contributed by atoms with Crippen molar-refractivity contribution in [2.24, 2.45) is 0 Å². The van der Waals surface area contributed by atoms with Gasteiger partial charge >= 0.3 is 0 Å². The van der Waals surface area contributed by atoms with E-state index in [1.165, 1.54) is 88.2 Å². The normalized spacial score (nSPS) is 12.2. The van der Waals surface area contributed by atoms with Crippen molar-refractivity contribution in [2.75, 3.05) is 38.2 Å². The van der Waals surface area contributed by atoms with E-state index in [-0.39, 0.29) is 17.0 Å². The molecule has 0 aliphatic carbocycles. The summed E-state index contributed by atoms with van der Waals surface area (Å²) in [5.41, 5.74) is 0. The van der Waals surface area contributed by atoms with Gasteiger partial charge in [0.2, 0.25) is 0 Å². The summed E-state index contributed by atoms with van der Waals surface area (Å²) in [6, 6.07) is 0. The van der Waals surface area contributed by atoms with E-state index in [0.29, 0.717) is 0 Å². The van der Waals surface area contributed by atoms with Crippen LogP contribution >= 0.6 is 10.8 Å². The lowest BCUT2D eigenvalue weighted by molar-refractivity contribution is -0.928. The van der Waals surface area contributed by atoms with Crippen molar-refractivity contribution in [3.8, 4) is 0 Å². The van der Waals surface area contributed by atoms with E-state index < -0.39 is 8.87 Å². The largest absolute Gasteiger partial charge is 1.00 e. The maximum absolute atomic E-state index is 11.3. The average molecular weight is 461 g/mol. The molecule has 0 fully saturated rings. The highest BCUT2D eigenvalue weighted by Gasteiger charge is 2.25. The maximum Gasteiger partial charge on any atom is 0.198 e. The Bertz CT molecular complexity index is 362. The van der Waals surface area contributed by atoms with E-state index in [1.54, 1.807) is 0 Å². The highest BCUT2D eigenvalue weighted by atomic mass is 79.9. The van der Waals surface area contributed by atoms with Crippen LogP contribution in [0.4, 0.5) is 0 Å². The maximum atomic E-state index is 11.3. The Labute approximate surface area is 172 Å². The second-order valence-corrected chi connectivity index (χ2v) is 11.8. The van der Waals surface area contributed by atoms with Crippen molar-refractivity contribution in [3.05, 3.63) is 0 Å². The van der Waals surface area contributed by atoms with Crippen LogP contribution in [0.15, 0.2) is 0 Å². The molecule has 0 bridgehead atoms. The lowest BCUT2D eigenvalue weighted by Crippen LogP contribution is -3.00. The molecular weight excluding hydrogens is 418 g/mol. The molecule has 3 nitrogen and oxygen atoms in total. The molecule has 6 heteroatoms. The Balaban J connectivity index is 0. The fraction of sp³-hybridized carbons (Fsp3) is 1.00. The second kappa shape index (κ2) is 16.9. The monoisotopic (exact) mass is 459 g/mol. The number of hydrogen-bond acceptors (Lipinski definition) is 3. The molecule has 0 aliphatic rings. The minimum Gasteiger partial charge on any atom is -1.00 e. The Morgan fingerprint density at radius 1 is 0.680 bits per heavy atom. The SMILES string of the molecule is CCCCC[N+](CCCCC)(CCCCC)CCCSS(C)(=O)=O.[Br-]. The van der Waals surface area contributed by atoms with Gasteiger partial charge in [-0.25, -0.2) is 8.42 Å².